The van der Waals surface area contributed by atoms with Crippen LogP contribution in [0.4, 0.5) is 91.0 Å². The Kier molecular flexibility index (Phi) is 11.0. The summed E-state index contributed by atoms with van der Waals surface area (Å²) in [6.45, 7) is 4.10. The molecule has 9 aromatic rings. The van der Waals surface area contributed by atoms with Gasteiger partial charge in [-0.15, -0.1) is 0 Å². The Balaban J connectivity index is 0.765. The largest absolute Gasteiger partial charge is 0.457 e. The van der Waals surface area contributed by atoms with Crippen molar-refractivity contribution in [3.63, 3.8) is 0 Å². The van der Waals surface area contributed by atoms with Crippen molar-refractivity contribution in [1.82, 2.24) is 9.97 Å². The lowest BCUT2D eigenvalue weighted by atomic mass is 10.1. The van der Waals surface area contributed by atoms with Gasteiger partial charge < -0.3 is 58.5 Å². The van der Waals surface area contributed by atoms with Gasteiger partial charge in [0.15, 0.2) is 0 Å². The van der Waals surface area contributed by atoms with Crippen LogP contribution in [-0.4, -0.2) is 78.9 Å². The summed E-state index contributed by atoms with van der Waals surface area (Å²) in [4.78, 5) is 30.2. The Morgan fingerprint density at radius 1 is 0.385 bits per heavy atom. The van der Waals surface area contributed by atoms with Gasteiger partial charge in [0.25, 0.3) is 0 Å². The van der Waals surface area contributed by atoms with Crippen LogP contribution >= 0.6 is 0 Å². The number of aryl methyl sites for hydroxylation is 2. The maximum atomic E-state index is 8.20. The van der Waals surface area contributed by atoms with E-state index in [1.807, 2.05) is 73.9 Å². The monoisotopic (exact) mass is 1030 g/mol. The molecule has 0 fully saturated rings. The molecular weight excluding hydrogens is 969 g/mol. The zero-order valence-electron chi connectivity index (χ0n) is 47.8. The van der Waals surface area contributed by atoms with Crippen LogP contribution < -0.4 is 58.5 Å². The number of fused-ring (bicyclic) bond motifs is 4. The first-order chi connectivity index (χ1) is 39.1. The van der Waals surface area contributed by atoms with Gasteiger partial charge in [0.05, 0.1) is 71.2 Å². The zero-order chi connectivity index (χ0) is 55.8. The molecule has 0 N–H and O–H groups in total. The molecule has 6 heterocycles. The Bertz CT molecular complexity index is 3880. The molecule has 4 aliphatic rings. The second-order valence-corrected chi connectivity index (χ2v) is 20.8. The summed E-state index contributed by atoms with van der Waals surface area (Å²) in [5.74, 6) is 2.81. The third-order valence-corrected chi connectivity index (χ3v) is 15.3. The van der Waals surface area contributed by atoms with Gasteiger partial charge in [-0.05, 0) is 122 Å². The minimum absolute atomic E-state index is 0.160. The molecule has 390 valence electrons. The number of anilines is 16. The van der Waals surface area contributed by atoms with Gasteiger partial charge in [0.1, 0.15) is 36.3 Å². The summed E-state index contributed by atoms with van der Waals surface area (Å²) >= 11 is 0. The molecule has 78 heavy (non-hydrogen) atoms. The van der Waals surface area contributed by atoms with Crippen molar-refractivity contribution in [2.75, 3.05) is 118 Å². The van der Waals surface area contributed by atoms with E-state index in [2.05, 4.69) is 199 Å². The fraction of sp³-hybridized carbons (Fsp3) is 0.188. The molecule has 13 rings (SSSR count). The van der Waals surface area contributed by atoms with Crippen LogP contribution in [0.25, 0.3) is 0 Å². The molecule has 0 bridgehead atoms. The van der Waals surface area contributed by atoms with Gasteiger partial charge in [0, 0.05) is 141 Å². The lowest BCUT2D eigenvalue weighted by Crippen LogP contribution is -2.25. The SMILES string of the molecule is [2H]C([2H])([2H])N1CN(c2cccc(Oc3cc(N(C)C)cc(N4CN(c5ccc(N6CN(c7cc(Oc8cccc(N9CN(C)c%10cnccc%109)c8)cc(N(C)C)c7)c7cc(C)c(C)cc76)cc5)c5ccccc54)c3)c2)c2ccncc21. The van der Waals surface area contributed by atoms with E-state index in [4.69, 9.17) is 13.6 Å². The average Bonchev–Trinajstić information content (AvgIpc) is 4.39. The lowest BCUT2D eigenvalue weighted by molar-refractivity contribution is 0.482. The topological polar surface area (TPSA) is 76.6 Å². The maximum absolute atomic E-state index is 8.20. The zero-order valence-corrected chi connectivity index (χ0v) is 44.8. The second kappa shape index (κ2) is 19.2. The van der Waals surface area contributed by atoms with Crippen molar-refractivity contribution in [3.8, 4) is 23.0 Å². The summed E-state index contributed by atoms with van der Waals surface area (Å²) < 4.78 is 38.1. The molecule has 0 unspecified atom stereocenters. The standard InChI is InChI=1S/C64H62N12O2/c1-43-27-61-62(28-44(43)2)76(52-30-50(68(5)6)34-56(36-52)78-54-16-12-14-48(32-54)72-40-70(8)64-38-66-26-24-60(64)72)42-74(61)46-21-19-45(20-22-46)73-41-75(58-18-10-9-17-57(58)73)51-29-49(67(3)4)33-55(35-51)77-53-15-11-13-47(31-53)71-39-69(7)63-37-65-25-23-59(63)71/h9-38H,39-42H2,1-8H3/i7D3. The van der Waals surface area contributed by atoms with E-state index < -0.39 is 6.98 Å². The van der Waals surface area contributed by atoms with E-state index in [9.17, 15) is 0 Å². The van der Waals surface area contributed by atoms with Crippen LogP contribution in [0, 0.1) is 13.8 Å². The van der Waals surface area contributed by atoms with Crippen molar-refractivity contribution in [3.05, 3.63) is 194 Å². The quantitative estimate of drug-likeness (QED) is 0.117. The molecule has 0 amide bonds. The van der Waals surface area contributed by atoms with Crippen LogP contribution in [0.5, 0.6) is 23.0 Å². The number of hydrogen-bond acceptors (Lipinski definition) is 14. The van der Waals surface area contributed by atoms with E-state index in [1.165, 1.54) is 16.0 Å². The minimum Gasteiger partial charge on any atom is -0.457 e. The third kappa shape index (κ3) is 8.64. The molecule has 4 aliphatic heterocycles. The highest BCUT2D eigenvalue weighted by molar-refractivity contribution is 5.91. The highest BCUT2D eigenvalue weighted by atomic mass is 16.5. The summed E-state index contributed by atoms with van der Waals surface area (Å²) in [7, 11) is 10.3. The van der Waals surface area contributed by atoms with Gasteiger partial charge in [-0.25, -0.2) is 0 Å². The number of para-hydroxylation sites is 2. The molecule has 0 atom stereocenters. The summed E-state index contributed by atoms with van der Waals surface area (Å²) in [5.41, 5.74) is 18.5. The Morgan fingerprint density at radius 2 is 0.795 bits per heavy atom. The van der Waals surface area contributed by atoms with Crippen LogP contribution in [0.3, 0.4) is 0 Å². The van der Waals surface area contributed by atoms with Gasteiger partial charge in [-0.3, -0.25) is 9.97 Å². The first-order valence-electron chi connectivity index (χ1n) is 27.6. The molecule has 2 aromatic heterocycles. The Labute approximate surface area is 461 Å². The van der Waals surface area contributed by atoms with E-state index in [0.29, 0.717) is 30.5 Å². The summed E-state index contributed by atoms with van der Waals surface area (Å²) in [5, 5.41) is 0. The first-order valence-corrected chi connectivity index (χ1v) is 26.1. The Hall–Kier alpha value is -9.56. The smallest absolute Gasteiger partial charge is 0.131 e. The van der Waals surface area contributed by atoms with Crippen molar-refractivity contribution in [1.29, 1.82) is 0 Å². The van der Waals surface area contributed by atoms with Crippen molar-refractivity contribution < 1.29 is 13.6 Å². The van der Waals surface area contributed by atoms with E-state index in [1.54, 1.807) is 12.4 Å². The summed E-state index contributed by atoms with van der Waals surface area (Å²) in [6, 6.07) is 54.9. The van der Waals surface area contributed by atoms with Crippen LogP contribution in [-0.2, 0) is 0 Å². The van der Waals surface area contributed by atoms with Crippen molar-refractivity contribution in [2.45, 2.75) is 13.8 Å². The van der Waals surface area contributed by atoms with Crippen molar-refractivity contribution >= 4 is 91.0 Å². The predicted molar refractivity (Wildman–Crippen MR) is 321 cm³/mol. The maximum Gasteiger partial charge on any atom is 0.131 e. The highest BCUT2D eigenvalue weighted by Crippen LogP contribution is 2.50. The molecular formula is C64H62N12O2. The van der Waals surface area contributed by atoms with Crippen molar-refractivity contribution in [2.24, 2.45) is 0 Å². The van der Waals surface area contributed by atoms with Gasteiger partial charge >= 0.3 is 0 Å². The fourth-order valence-corrected chi connectivity index (χ4v) is 11.0. The second-order valence-electron chi connectivity index (χ2n) is 20.8. The van der Waals surface area contributed by atoms with Gasteiger partial charge in [0.2, 0.25) is 0 Å². The Morgan fingerprint density at radius 3 is 1.28 bits per heavy atom. The molecule has 14 heteroatoms. The molecule has 0 radical (unpaired) electrons. The lowest BCUT2D eigenvalue weighted by Gasteiger charge is -2.26. The number of nitrogens with zero attached hydrogens (tertiary/aromatic N) is 12. The van der Waals surface area contributed by atoms with Crippen LogP contribution in [0.1, 0.15) is 15.2 Å². The minimum atomic E-state index is -2.32. The van der Waals surface area contributed by atoms with E-state index >= 15 is 0 Å². The molecule has 7 aromatic carbocycles. The van der Waals surface area contributed by atoms with Gasteiger partial charge in [-0.2, -0.15) is 0 Å². The average molecular weight is 1030 g/mol. The molecule has 0 saturated heterocycles. The number of rotatable bonds is 12. The molecule has 0 saturated carbocycles. The third-order valence-electron chi connectivity index (χ3n) is 15.3. The van der Waals surface area contributed by atoms with E-state index in [0.717, 1.165) is 103 Å². The number of benzene rings is 7. The number of pyridine rings is 2. The summed E-state index contributed by atoms with van der Waals surface area (Å²) in [6.07, 6.45) is 7.05. The van der Waals surface area contributed by atoms with E-state index in [-0.39, 0.29) is 6.67 Å². The fourth-order valence-electron chi connectivity index (χ4n) is 11.0. The molecule has 0 spiro atoms. The highest BCUT2D eigenvalue weighted by Gasteiger charge is 2.33. The van der Waals surface area contributed by atoms with Crippen LogP contribution in [0.2, 0.25) is 0 Å². The number of hydrogen-bond donors (Lipinski definition) is 0. The molecule has 0 aliphatic carbocycles. The van der Waals surface area contributed by atoms with Crippen LogP contribution in [0.15, 0.2) is 183 Å². The number of ether oxygens (including phenoxy) is 2. The number of aromatic nitrogens is 2. The normalized spacial score (nSPS) is 15.0. The first kappa shape index (κ1) is 44.7. The molecule has 14 nitrogen and oxygen atoms in total. The predicted octanol–water partition coefficient (Wildman–Crippen LogP) is 14.4. The van der Waals surface area contributed by atoms with Gasteiger partial charge in [-0.1, -0.05) is 24.3 Å².